The summed E-state index contributed by atoms with van der Waals surface area (Å²) >= 11 is 0. The summed E-state index contributed by atoms with van der Waals surface area (Å²) in [6.45, 7) is 0. The number of aromatic nitrogens is 1. The first-order valence-corrected chi connectivity index (χ1v) is 5.37. The highest BCUT2D eigenvalue weighted by molar-refractivity contribution is 5.82. The zero-order chi connectivity index (χ0) is 11.8. The molecule has 0 aliphatic rings. The normalized spacial score (nSPS) is 10.9. The van der Waals surface area contributed by atoms with Gasteiger partial charge in [0.1, 0.15) is 24.2 Å². The standard InChI is InChI=1S/C14H11FNO/c1-16-6-4-10(5-7-16)14-9-11-8-12(15)2-3-13(11)17-14/h2-9H,1H3/q+1. The summed E-state index contributed by atoms with van der Waals surface area (Å²) in [5.74, 6) is 0.510. The summed E-state index contributed by atoms with van der Waals surface area (Å²) in [5.41, 5.74) is 1.69. The van der Waals surface area contributed by atoms with E-state index in [1.165, 1.54) is 12.1 Å². The maximum Gasteiger partial charge on any atom is 0.169 e. The molecule has 0 atom stereocenters. The Kier molecular flexibility index (Phi) is 2.18. The minimum absolute atomic E-state index is 0.246. The van der Waals surface area contributed by atoms with E-state index in [2.05, 4.69) is 0 Å². The van der Waals surface area contributed by atoms with Gasteiger partial charge in [-0.3, -0.25) is 0 Å². The van der Waals surface area contributed by atoms with Gasteiger partial charge in [0.25, 0.3) is 0 Å². The van der Waals surface area contributed by atoms with Crippen molar-refractivity contribution < 1.29 is 13.4 Å². The summed E-state index contributed by atoms with van der Waals surface area (Å²) in [5, 5.41) is 0.785. The van der Waals surface area contributed by atoms with E-state index in [0.29, 0.717) is 5.58 Å². The average molecular weight is 228 g/mol. The molecule has 84 valence electrons. The number of benzene rings is 1. The number of rotatable bonds is 1. The topological polar surface area (TPSA) is 17.0 Å². The van der Waals surface area contributed by atoms with Crippen LogP contribution in [0.1, 0.15) is 0 Å². The van der Waals surface area contributed by atoms with E-state index in [1.807, 2.05) is 42.2 Å². The predicted molar refractivity (Wildman–Crippen MR) is 62.8 cm³/mol. The van der Waals surface area contributed by atoms with Crippen molar-refractivity contribution in [3.63, 3.8) is 0 Å². The van der Waals surface area contributed by atoms with E-state index in [4.69, 9.17) is 4.42 Å². The number of halogens is 1. The Morgan fingerprint density at radius 1 is 1.06 bits per heavy atom. The van der Waals surface area contributed by atoms with Crippen LogP contribution in [-0.2, 0) is 7.05 Å². The highest BCUT2D eigenvalue weighted by Crippen LogP contribution is 2.27. The Bertz CT molecular complexity index is 670. The van der Waals surface area contributed by atoms with Crippen molar-refractivity contribution in [3.05, 3.63) is 54.6 Å². The van der Waals surface area contributed by atoms with Crippen LogP contribution in [0.15, 0.2) is 53.2 Å². The van der Waals surface area contributed by atoms with Crippen molar-refractivity contribution in [2.24, 2.45) is 7.05 Å². The Balaban J connectivity index is 2.14. The lowest BCUT2D eigenvalue weighted by Gasteiger charge is -1.93. The van der Waals surface area contributed by atoms with E-state index in [0.717, 1.165) is 16.7 Å². The molecule has 0 saturated heterocycles. The third kappa shape index (κ3) is 1.80. The fourth-order valence-corrected chi connectivity index (χ4v) is 1.82. The molecule has 0 radical (unpaired) electrons. The molecule has 0 N–H and O–H groups in total. The molecular formula is C14H11FNO+. The van der Waals surface area contributed by atoms with E-state index in [1.54, 1.807) is 6.07 Å². The minimum atomic E-state index is -0.246. The van der Waals surface area contributed by atoms with Crippen LogP contribution in [0, 0.1) is 5.82 Å². The summed E-state index contributed by atoms with van der Waals surface area (Å²) in [6, 6.07) is 10.3. The molecule has 0 spiro atoms. The van der Waals surface area contributed by atoms with Gasteiger partial charge in [-0.05, 0) is 24.3 Å². The molecule has 0 aliphatic carbocycles. The first-order chi connectivity index (χ1) is 8.22. The van der Waals surface area contributed by atoms with Crippen molar-refractivity contribution in [2.45, 2.75) is 0 Å². The maximum absolute atomic E-state index is 13.1. The Hall–Kier alpha value is -2.16. The largest absolute Gasteiger partial charge is 0.456 e. The van der Waals surface area contributed by atoms with Gasteiger partial charge < -0.3 is 4.42 Å². The maximum atomic E-state index is 13.1. The molecule has 0 fully saturated rings. The molecule has 3 rings (SSSR count). The Morgan fingerprint density at radius 3 is 2.59 bits per heavy atom. The highest BCUT2D eigenvalue weighted by Gasteiger charge is 2.07. The van der Waals surface area contributed by atoms with E-state index < -0.39 is 0 Å². The highest BCUT2D eigenvalue weighted by atomic mass is 19.1. The fourth-order valence-electron chi connectivity index (χ4n) is 1.82. The second-order valence-corrected chi connectivity index (χ2v) is 4.05. The number of hydrogen-bond donors (Lipinski definition) is 0. The van der Waals surface area contributed by atoms with Crippen molar-refractivity contribution in [1.82, 2.24) is 0 Å². The van der Waals surface area contributed by atoms with Crippen LogP contribution in [0.3, 0.4) is 0 Å². The lowest BCUT2D eigenvalue weighted by Crippen LogP contribution is -2.25. The molecule has 2 heterocycles. The SMILES string of the molecule is C[n+]1ccc(-c2cc3cc(F)ccc3o2)cc1. The molecular weight excluding hydrogens is 217 g/mol. The monoisotopic (exact) mass is 228 g/mol. The zero-order valence-electron chi connectivity index (χ0n) is 9.35. The lowest BCUT2D eigenvalue weighted by molar-refractivity contribution is -0.671. The summed E-state index contributed by atoms with van der Waals surface area (Å²) in [6.07, 6.45) is 3.90. The quantitative estimate of drug-likeness (QED) is 0.585. The fraction of sp³-hybridized carbons (Fsp3) is 0.0714. The first-order valence-electron chi connectivity index (χ1n) is 5.37. The second kappa shape index (κ2) is 3.70. The van der Waals surface area contributed by atoms with Gasteiger partial charge in [0.15, 0.2) is 12.4 Å². The van der Waals surface area contributed by atoms with Crippen LogP contribution in [0.4, 0.5) is 4.39 Å². The van der Waals surface area contributed by atoms with Gasteiger partial charge in [-0.15, -0.1) is 0 Å². The smallest absolute Gasteiger partial charge is 0.169 e. The van der Waals surface area contributed by atoms with Gasteiger partial charge in [0, 0.05) is 23.1 Å². The van der Waals surface area contributed by atoms with E-state index in [9.17, 15) is 4.39 Å². The molecule has 3 heteroatoms. The van der Waals surface area contributed by atoms with Gasteiger partial charge in [-0.1, -0.05) is 0 Å². The Morgan fingerprint density at radius 2 is 1.82 bits per heavy atom. The van der Waals surface area contributed by atoms with Crippen LogP contribution >= 0.6 is 0 Å². The third-order valence-corrected chi connectivity index (χ3v) is 2.74. The Labute approximate surface area is 97.9 Å². The number of fused-ring (bicyclic) bond motifs is 1. The summed E-state index contributed by atoms with van der Waals surface area (Å²) in [7, 11) is 1.96. The molecule has 0 unspecified atom stereocenters. The molecule has 1 aromatic carbocycles. The number of aryl methyl sites for hydroxylation is 1. The molecule has 2 aromatic heterocycles. The second-order valence-electron chi connectivity index (χ2n) is 4.05. The van der Waals surface area contributed by atoms with Gasteiger partial charge in [0.05, 0.1) is 0 Å². The summed E-state index contributed by atoms with van der Waals surface area (Å²) < 4.78 is 20.7. The molecule has 3 aromatic rings. The molecule has 0 saturated carbocycles. The zero-order valence-corrected chi connectivity index (χ0v) is 9.35. The first kappa shape index (κ1) is 10.0. The van der Waals surface area contributed by atoms with Gasteiger partial charge in [-0.2, -0.15) is 0 Å². The molecule has 17 heavy (non-hydrogen) atoms. The van der Waals surface area contributed by atoms with Crippen molar-refractivity contribution >= 4 is 11.0 Å². The number of furan rings is 1. The minimum Gasteiger partial charge on any atom is -0.456 e. The molecule has 0 bridgehead atoms. The van der Waals surface area contributed by atoms with Crippen LogP contribution in [0.5, 0.6) is 0 Å². The number of pyridine rings is 1. The van der Waals surface area contributed by atoms with Crippen molar-refractivity contribution in [1.29, 1.82) is 0 Å². The average Bonchev–Trinajstić information content (AvgIpc) is 2.72. The third-order valence-electron chi connectivity index (χ3n) is 2.74. The van der Waals surface area contributed by atoms with E-state index >= 15 is 0 Å². The van der Waals surface area contributed by atoms with Gasteiger partial charge in [-0.25, -0.2) is 8.96 Å². The number of nitrogens with zero attached hydrogens (tertiary/aromatic N) is 1. The van der Waals surface area contributed by atoms with Crippen molar-refractivity contribution in [3.8, 4) is 11.3 Å². The van der Waals surface area contributed by atoms with Crippen LogP contribution < -0.4 is 4.57 Å². The van der Waals surface area contributed by atoms with Crippen LogP contribution in [0.25, 0.3) is 22.3 Å². The molecule has 0 aliphatic heterocycles. The summed E-state index contributed by atoms with van der Waals surface area (Å²) in [4.78, 5) is 0. The number of hydrogen-bond acceptors (Lipinski definition) is 1. The lowest BCUT2D eigenvalue weighted by atomic mass is 10.2. The predicted octanol–water partition coefficient (Wildman–Crippen LogP) is 3.06. The van der Waals surface area contributed by atoms with Crippen LogP contribution in [-0.4, -0.2) is 0 Å². The van der Waals surface area contributed by atoms with Crippen molar-refractivity contribution in [2.75, 3.05) is 0 Å². The van der Waals surface area contributed by atoms with E-state index in [-0.39, 0.29) is 5.82 Å². The van der Waals surface area contributed by atoms with Crippen LogP contribution in [0.2, 0.25) is 0 Å². The molecule has 0 amide bonds. The van der Waals surface area contributed by atoms with Gasteiger partial charge in [0.2, 0.25) is 0 Å². The molecule has 2 nitrogen and oxygen atoms in total. The van der Waals surface area contributed by atoms with Gasteiger partial charge >= 0.3 is 0 Å².